The maximum atomic E-state index is 11.1. The van der Waals surface area contributed by atoms with Crippen LogP contribution in [0.5, 0.6) is 5.75 Å². The van der Waals surface area contributed by atoms with Gasteiger partial charge >= 0.3 is 11.7 Å². The molecule has 1 atom stereocenters. The van der Waals surface area contributed by atoms with Gasteiger partial charge in [0, 0.05) is 12.1 Å². The third-order valence-corrected chi connectivity index (χ3v) is 2.99. The summed E-state index contributed by atoms with van der Waals surface area (Å²) in [5.74, 6) is -1.05. The van der Waals surface area contributed by atoms with Gasteiger partial charge in [-0.05, 0) is 22.0 Å². The highest BCUT2D eigenvalue weighted by molar-refractivity contribution is 9.10. The van der Waals surface area contributed by atoms with E-state index >= 15 is 0 Å². The largest absolute Gasteiger partial charge is 0.484 e. The number of nitrogens with zero attached hydrogens (tertiary/aromatic N) is 1. The molecule has 0 radical (unpaired) electrons. The standard InChI is InChI=1S/C12H15BrN2O5/c1-7(2)14-9(12(16)17)6-20-11-8(13)4-3-5-10(11)15(18)19/h3-5,7,9,14H,6H2,1-2H3,(H,16,17). The van der Waals surface area contributed by atoms with Gasteiger partial charge in [0.2, 0.25) is 5.75 Å². The number of halogens is 1. The van der Waals surface area contributed by atoms with Crippen LogP contribution in [0.3, 0.4) is 0 Å². The van der Waals surface area contributed by atoms with Crippen LogP contribution in [0.15, 0.2) is 22.7 Å². The van der Waals surface area contributed by atoms with Crippen molar-refractivity contribution >= 4 is 27.6 Å². The number of nitro groups is 1. The first-order valence-corrected chi connectivity index (χ1v) is 6.66. The van der Waals surface area contributed by atoms with E-state index in [9.17, 15) is 14.9 Å². The summed E-state index contributed by atoms with van der Waals surface area (Å²) >= 11 is 3.16. The predicted molar refractivity (Wildman–Crippen MR) is 76.0 cm³/mol. The molecule has 0 saturated carbocycles. The van der Waals surface area contributed by atoms with Crippen molar-refractivity contribution in [3.63, 3.8) is 0 Å². The third-order valence-electron chi connectivity index (χ3n) is 2.37. The number of aliphatic carboxylic acids is 1. The third kappa shape index (κ3) is 4.46. The number of rotatable bonds is 7. The lowest BCUT2D eigenvalue weighted by atomic mass is 10.2. The van der Waals surface area contributed by atoms with E-state index in [0.29, 0.717) is 4.47 Å². The van der Waals surface area contributed by atoms with Crippen molar-refractivity contribution in [3.05, 3.63) is 32.8 Å². The summed E-state index contributed by atoms with van der Waals surface area (Å²) in [7, 11) is 0. The summed E-state index contributed by atoms with van der Waals surface area (Å²) in [4.78, 5) is 21.4. The summed E-state index contributed by atoms with van der Waals surface area (Å²) in [6.07, 6.45) is 0. The Morgan fingerprint density at radius 2 is 2.20 bits per heavy atom. The van der Waals surface area contributed by atoms with E-state index in [1.165, 1.54) is 12.1 Å². The molecule has 0 spiro atoms. The van der Waals surface area contributed by atoms with E-state index < -0.39 is 16.9 Å². The smallest absolute Gasteiger partial charge is 0.324 e. The molecule has 1 aromatic carbocycles. The van der Waals surface area contributed by atoms with E-state index in [1.54, 1.807) is 19.9 Å². The molecule has 8 heteroatoms. The Morgan fingerprint density at radius 3 is 2.70 bits per heavy atom. The highest BCUT2D eigenvalue weighted by Crippen LogP contribution is 2.34. The van der Waals surface area contributed by atoms with Gasteiger partial charge in [-0.2, -0.15) is 0 Å². The number of ether oxygens (including phenoxy) is 1. The first kappa shape index (κ1) is 16.4. The van der Waals surface area contributed by atoms with Crippen LogP contribution in [0.4, 0.5) is 5.69 Å². The summed E-state index contributed by atoms with van der Waals surface area (Å²) in [5, 5.41) is 22.8. The molecule has 1 rings (SSSR count). The second-order valence-corrected chi connectivity index (χ2v) is 5.22. The highest BCUT2D eigenvalue weighted by atomic mass is 79.9. The normalized spacial score (nSPS) is 12.2. The molecule has 0 fully saturated rings. The lowest BCUT2D eigenvalue weighted by Gasteiger charge is -2.18. The topological polar surface area (TPSA) is 102 Å². The van der Waals surface area contributed by atoms with Crippen LogP contribution >= 0.6 is 15.9 Å². The summed E-state index contributed by atoms with van der Waals surface area (Å²) in [6, 6.07) is 3.41. The van der Waals surface area contributed by atoms with Gasteiger partial charge in [0.15, 0.2) is 0 Å². The lowest BCUT2D eigenvalue weighted by molar-refractivity contribution is -0.386. The van der Waals surface area contributed by atoms with Gasteiger partial charge in [0.1, 0.15) is 12.6 Å². The number of para-hydroxylation sites is 1. The average Bonchev–Trinajstić information content (AvgIpc) is 2.34. The first-order chi connectivity index (χ1) is 9.32. The fourth-order valence-electron chi connectivity index (χ4n) is 1.54. The molecule has 0 aliphatic carbocycles. The van der Waals surface area contributed by atoms with Gasteiger partial charge in [-0.25, -0.2) is 0 Å². The minimum absolute atomic E-state index is 0.0225. The zero-order valence-corrected chi connectivity index (χ0v) is 12.6. The van der Waals surface area contributed by atoms with Crippen molar-refractivity contribution in [2.75, 3.05) is 6.61 Å². The van der Waals surface area contributed by atoms with Crippen molar-refractivity contribution in [1.29, 1.82) is 0 Å². The van der Waals surface area contributed by atoms with Gasteiger partial charge < -0.3 is 9.84 Å². The molecule has 2 N–H and O–H groups in total. The van der Waals surface area contributed by atoms with E-state index in [1.807, 2.05) is 0 Å². The Kier molecular flexibility index (Phi) is 5.90. The first-order valence-electron chi connectivity index (χ1n) is 5.87. The molecule has 0 amide bonds. The molecule has 1 unspecified atom stereocenters. The monoisotopic (exact) mass is 346 g/mol. The Balaban J connectivity index is 2.87. The van der Waals surface area contributed by atoms with Gasteiger partial charge in [0.25, 0.3) is 0 Å². The fraction of sp³-hybridized carbons (Fsp3) is 0.417. The van der Waals surface area contributed by atoms with Crippen molar-refractivity contribution in [3.8, 4) is 5.75 Å². The molecule has 0 aliphatic heterocycles. The van der Waals surface area contributed by atoms with Crippen LogP contribution in [0.1, 0.15) is 13.8 Å². The van der Waals surface area contributed by atoms with Gasteiger partial charge in [-0.1, -0.05) is 19.9 Å². The maximum absolute atomic E-state index is 11.1. The number of hydrogen-bond donors (Lipinski definition) is 2. The van der Waals surface area contributed by atoms with Crippen LogP contribution in [0.2, 0.25) is 0 Å². The minimum atomic E-state index is -1.08. The molecular formula is C12H15BrN2O5. The zero-order chi connectivity index (χ0) is 15.3. The van der Waals surface area contributed by atoms with E-state index in [0.717, 1.165) is 0 Å². The molecule has 0 aromatic heterocycles. The Bertz CT molecular complexity index is 507. The summed E-state index contributed by atoms with van der Waals surface area (Å²) in [6.45, 7) is 3.39. The number of carboxylic acids is 1. The van der Waals surface area contributed by atoms with Gasteiger partial charge in [0.05, 0.1) is 9.40 Å². The number of benzene rings is 1. The molecular weight excluding hydrogens is 332 g/mol. The van der Waals surface area contributed by atoms with Crippen LogP contribution in [0.25, 0.3) is 0 Å². The molecule has 110 valence electrons. The molecule has 20 heavy (non-hydrogen) atoms. The number of nitro benzene ring substituents is 1. The second-order valence-electron chi connectivity index (χ2n) is 4.37. The van der Waals surface area contributed by atoms with Crippen molar-refractivity contribution < 1.29 is 19.6 Å². The molecule has 0 aliphatic rings. The lowest BCUT2D eigenvalue weighted by Crippen LogP contribution is -2.44. The SMILES string of the molecule is CC(C)NC(COc1c(Br)cccc1[N+](=O)[O-])C(=O)O. The average molecular weight is 347 g/mol. The summed E-state index contributed by atoms with van der Waals surface area (Å²) in [5.41, 5.74) is -0.215. The molecule has 0 heterocycles. The van der Waals surface area contributed by atoms with Gasteiger partial charge in [-0.15, -0.1) is 0 Å². The van der Waals surface area contributed by atoms with E-state index in [2.05, 4.69) is 21.2 Å². The Hall–Kier alpha value is -1.67. The Morgan fingerprint density at radius 1 is 1.55 bits per heavy atom. The Labute approximate surface area is 124 Å². The van der Waals surface area contributed by atoms with Crippen molar-refractivity contribution in [1.82, 2.24) is 5.32 Å². The van der Waals surface area contributed by atoms with E-state index in [4.69, 9.17) is 9.84 Å². The molecule has 0 bridgehead atoms. The molecule has 1 aromatic rings. The zero-order valence-electron chi connectivity index (χ0n) is 11.0. The number of carboxylic acid groups (broad SMARTS) is 1. The number of hydrogen-bond acceptors (Lipinski definition) is 5. The van der Waals surface area contributed by atoms with Crippen molar-refractivity contribution in [2.24, 2.45) is 0 Å². The van der Waals surface area contributed by atoms with E-state index in [-0.39, 0.29) is 24.1 Å². The van der Waals surface area contributed by atoms with Crippen LogP contribution < -0.4 is 10.1 Å². The van der Waals surface area contributed by atoms with Crippen LogP contribution in [-0.4, -0.2) is 34.7 Å². The maximum Gasteiger partial charge on any atom is 0.324 e. The van der Waals surface area contributed by atoms with Crippen LogP contribution in [0, 0.1) is 10.1 Å². The highest BCUT2D eigenvalue weighted by Gasteiger charge is 2.23. The molecule has 0 saturated heterocycles. The predicted octanol–water partition coefficient (Wildman–Crippen LogP) is 2.19. The van der Waals surface area contributed by atoms with Gasteiger partial charge in [-0.3, -0.25) is 20.2 Å². The minimum Gasteiger partial charge on any atom is -0.484 e. The molecule has 7 nitrogen and oxygen atoms in total. The summed E-state index contributed by atoms with van der Waals surface area (Å²) < 4.78 is 5.72. The number of carbonyl (C=O) groups is 1. The second kappa shape index (κ2) is 7.20. The number of nitrogens with one attached hydrogen (secondary N) is 1. The van der Waals surface area contributed by atoms with Crippen molar-refractivity contribution in [2.45, 2.75) is 25.9 Å². The van der Waals surface area contributed by atoms with Crippen LogP contribution in [-0.2, 0) is 4.79 Å². The quantitative estimate of drug-likeness (QED) is 0.579. The fourth-order valence-corrected chi connectivity index (χ4v) is 2.01.